The van der Waals surface area contributed by atoms with Crippen LogP contribution in [0.4, 0.5) is 10.5 Å². The molecule has 6 N–H and O–H groups in total. The average molecular weight is 896 g/mol. The van der Waals surface area contributed by atoms with E-state index in [0.717, 1.165) is 18.9 Å². The number of carbonyl (C=O) groups excluding carboxylic acids is 4. The fourth-order valence-electron chi connectivity index (χ4n) is 6.23. The third-order valence-corrected chi connectivity index (χ3v) is 10.2. The number of thioether (sulfide) groups is 1. The smallest absolute Gasteiger partial charge is 0.408 e. The van der Waals surface area contributed by atoms with E-state index in [9.17, 15) is 49.7 Å². The van der Waals surface area contributed by atoms with Crippen molar-refractivity contribution in [3.63, 3.8) is 0 Å². The Balaban J connectivity index is 1.55. The van der Waals surface area contributed by atoms with Crippen molar-refractivity contribution in [2.24, 2.45) is 0 Å². The molecule has 2 aliphatic rings. The molecule has 1 aromatic rings. The lowest BCUT2D eigenvalue weighted by Gasteiger charge is -2.47. The number of nitro groups is 1. The number of aliphatic hydroxyl groups excluding tert-OH is 4. The predicted molar refractivity (Wildman–Crippen MR) is 210 cm³/mol. The minimum absolute atomic E-state index is 0.00586. The molecule has 0 bridgehead atoms. The van der Waals surface area contributed by atoms with Crippen molar-refractivity contribution >= 4 is 41.4 Å². The van der Waals surface area contributed by atoms with Crippen LogP contribution in [0.3, 0.4) is 0 Å². The molecule has 11 unspecified atom stereocenters. The second-order valence-electron chi connectivity index (χ2n) is 14.7. The van der Waals surface area contributed by atoms with E-state index in [1.165, 1.54) is 33.3 Å². The monoisotopic (exact) mass is 895 g/mol. The summed E-state index contributed by atoms with van der Waals surface area (Å²) in [5.41, 5.74) is -0.860. The minimum atomic E-state index is -1.79. The molecule has 1 aromatic carbocycles. The SMILES string of the molecule is COC(=O)C(CSCc1cc(OC)c(OCCOCCOC(=O)C2OC(OC3C(O)C(CO)OC(C)C3NC(C)=O)C(O)C(O)C2OC)cc1[N+](=O)[O-])NC(=O)OC(C)(C)C. The fraction of sp³-hybridized carbons (Fsp3) is 0.730. The Kier molecular flexibility index (Phi) is 20.1. The van der Waals surface area contributed by atoms with Gasteiger partial charge in [-0.15, -0.1) is 0 Å². The van der Waals surface area contributed by atoms with Crippen molar-refractivity contribution in [3.8, 4) is 11.5 Å². The highest BCUT2D eigenvalue weighted by Gasteiger charge is 2.53. The highest BCUT2D eigenvalue weighted by Crippen LogP contribution is 2.37. The van der Waals surface area contributed by atoms with Crippen LogP contribution in [-0.2, 0) is 58.0 Å². The van der Waals surface area contributed by atoms with Gasteiger partial charge < -0.3 is 78.4 Å². The summed E-state index contributed by atoms with van der Waals surface area (Å²) in [5.74, 6) is -1.98. The number of rotatable bonds is 21. The van der Waals surface area contributed by atoms with Crippen molar-refractivity contribution in [1.82, 2.24) is 10.6 Å². The largest absolute Gasteiger partial charge is 0.493 e. The van der Waals surface area contributed by atoms with Gasteiger partial charge in [-0.2, -0.15) is 11.8 Å². The number of benzene rings is 1. The van der Waals surface area contributed by atoms with E-state index in [4.69, 9.17) is 47.4 Å². The molecule has 2 aliphatic heterocycles. The Morgan fingerprint density at radius 1 is 0.967 bits per heavy atom. The maximum Gasteiger partial charge on any atom is 0.408 e. The Labute approximate surface area is 356 Å². The number of hydrogen-bond donors (Lipinski definition) is 6. The summed E-state index contributed by atoms with van der Waals surface area (Å²) in [6, 6.07) is 0.524. The Bertz CT molecular complexity index is 1630. The molecule has 2 amide bonds. The normalized spacial score (nSPS) is 27.0. The van der Waals surface area contributed by atoms with Crippen LogP contribution in [0.15, 0.2) is 12.1 Å². The molecular weight excluding hydrogens is 838 g/mol. The van der Waals surface area contributed by atoms with Gasteiger partial charge in [-0.25, -0.2) is 14.4 Å². The van der Waals surface area contributed by atoms with E-state index < -0.39 is 108 Å². The molecule has 24 heteroatoms. The molecule has 2 saturated heterocycles. The van der Waals surface area contributed by atoms with E-state index in [2.05, 4.69) is 10.6 Å². The number of amides is 2. The second-order valence-corrected chi connectivity index (χ2v) is 15.8. The summed E-state index contributed by atoms with van der Waals surface area (Å²) in [7, 11) is 3.67. The molecule has 61 heavy (non-hydrogen) atoms. The number of aliphatic hydroxyl groups is 4. The van der Waals surface area contributed by atoms with Crippen LogP contribution >= 0.6 is 11.8 Å². The zero-order valence-corrected chi connectivity index (χ0v) is 35.9. The van der Waals surface area contributed by atoms with Gasteiger partial charge in [0.1, 0.15) is 61.5 Å². The Morgan fingerprint density at radius 2 is 1.66 bits per heavy atom. The average Bonchev–Trinajstić information content (AvgIpc) is 3.19. The Hall–Kier alpha value is -4.11. The van der Waals surface area contributed by atoms with Crippen LogP contribution in [0.5, 0.6) is 11.5 Å². The minimum Gasteiger partial charge on any atom is -0.493 e. The summed E-state index contributed by atoms with van der Waals surface area (Å²) in [6.45, 7) is 6.53. The van der Waals surface area contributed by atoms with E-state index in [0.29, 0.717) is 0 Å². The van der Waals surface area contributed by atoms with Crippen LogP contribution in [0.25, 0.3) is 0 Å². The number of alkyl carbamates (subject to hydrolysis) is 1. The van der Waals surface area contributed by atoms with Crippen LogP contribution in [0.2, 0.25) is 0 Å². The van der Waals surface area contributed by atoms with Gasteiger partial charge in [-0.05, 0) is 33.8 Å². The fourth-order valence-corrected chi connectivity index (χ4v) is 7.26. The van der Waals surface area contributed by atoms with Gasteiger partial charge in [0.15, 0.2) is 23.9 Å². The summed E-state index contributed by atoms with van der Waals surface area (Å²) in [6.07, 6.45) is -13.9. The number of nitrogens with zero attached hydrogens (tertiary/aromatic N) is 1. The van der Waals surface area contributed by atoms with Gasteiger partial charge in [0, 0.05) is 31.1 Å². The molecule has 11 atom stereocenters. The molecule has 346 valence electrons. The topological polar surface area (TPSA) is 309 Å². The molecular formula is C37H57N3O20S. The Morgan fingerprint density at radius 3 is 2.25 bits per heavy atom. The third kappa shape index (κ3) is 14.8. The first kappa shape index (κ1) is 51.2. The molecule has 0 spiro atoms. The number of hydrogen-bond acceptors (Lipinski definition) is 21. The van der Waals surface area contributed by atoms with E-state index in [-0.39, 0.29) is 60.7 Å². The standard InChI is InChI=1S/C37H57N3O20S/c1-18-26(38-19(2)42)30(27(43)25(15-41)57-18)58-35-29(45)28(44)31(52-7)32(59-35)34(47)56-12-10-54-9-11-55-24-14-22(40(49)50)20(13-23(24)51-6)16-61-17-21(33(46)53-8)39-36(48)60-37(3,4)5/h13-14,18,21,25-32,35,41,43-45H,9-12,15-17H2,1-8H3,(H,38,42)(H,39,48). The van der Waals surface area contributed by atoms with Gasteiger partial charge in [0.2, 0.25) is 5.91 Å². The van der Waals surface area contributed by atoms with Crippen molar-refractivity contribution < 1.29 is 91.9 Å². The summed E-state index contributed by atoms with van der Waals surface area (Å²) in [5, 5.41) is 59.3. The molecule has 0 saturated carbocycles. The molecule has 0 aliphatic carbocycles. The third-order valence-electron chi connectivity index (χ3n) is 9.09. The number of methoxy groups -OCH3 is 3. The number of nitro benzene ring substituents is 1. The molecule has 3 rings (SSSR count). The van der Waals surface area contributed by atoms with E-state index in [1.807, 2.05) is 0 Å². The lowest BCUT2D eigenvalue weighted by atomic mass is 9.92. The summed E-state index contributed by atoms with van der Waals surface area (Å²) in [4.78, 5) is 61.0. The van der Waals surface area contributed by atoms with Gasteiger partial charge in [-0.3, -0.25) is 14.9 Å². The molecule has 2 heterocycles. The zero-order valence-electron chi connectivity index (χ0n) is 35.1. The second kappa shape index (κ2) is 23.9. The first-order chi connectivity index (χ1) is 28.8. The summed E-state index contributed by atoms with van der Waals surface area (Å²) >= 11 is 1.12. The van der Waals surface area contributed by atoms with Gasteiger partial charge >= 0.3 is 18.0 Å². The highest BCUT2D eigenvalue weighted by molar-refractivity contribution is 7.98. The molecule has 0 aromatic heterocycles. The van der Waals surface area contributed by atoms with Crippen LogP contribution in [-0.4, -0.2) is 182 Å². The number of carbonyl (C=O) groups is 4. The van der Waals surface area contributed by atoms with Crippen molar-refractivity contribution in [3.05, 3.63) is 27.8 Å². The quantitative estimate of drug-likeness (QED) is 0.0293. The van der Waals surface area contributed by atoms with Crippen LogP contribution in [0, 0.1) is 10.1 Å². The van der Waals surface area contributed by atoms with Crippen molar-refractivity contribution in [2.75, 3.05) is 60.1 Å². The predicted octanol–water partition coefficient (Wildman–Crippen LogP) is -0.666. The van der Waals surface area contributed by atoms with Gasteiger partial charge in [0.05, 0.1) is 57.2 Å². The maximum atomic E-state index is 13.1. The molecule has 2 fully saturated rings. The number of ether oxygens (including phenoxy) is 10. The van der Waals surface area contributed by atoms with E-state index >= 15 is 0 Å². The van der Waals surface area contributed by atoms with E-state index in [1.54, 1.807) is 27.7 Å². The molecule has 23 nitrogen and oxygen atoms in total. The lowest BCUT2D eigenvalue weighted by molar-refractivity contribution is -0.385. The first-order valence-corrected chi connectivity index (χ1v) is 20.2. The number of esters is 2. The first-order valence-electron chi connectivity index (χ1n) is 19.1. The van der Waals surface area contributed by atoms with Crippen LogP contribution in [0.1, 0.15) is 40.2 Å². The maximum absolute atomic E-state index is 13.1. The lowest BCUT2D eigenvalue weighted by Crippen LogP contribution is -2.67. The van der Waals surface area contributed by atoms with Crippen molar-refractivity contribution in [2.45, 2.75) is 113 Å². The van der Waals surface area contributed by atoms with Gasteiger partial charge in [-0.1, -0.05) is 0 Å². The summed E-state index contributed by atoms with van der Waals surface area (Å²) < 4.78 is 54.2. The zero-order chi connectivity index (χ0) is 45.6. The van der Waals surface area contributed by atoms with Crippen LogP contribution < -0.4 is 20.1 Å². The van der Waals surface area contributed by atoms with Crippen molar-refractivity contribution in [1.29, 1.82) is 0 Å². The number of nitrogens with one attached hydrogen (secondary N) is 2. The van der Waals surface area contributed by atoms with Gasteiger partial charge in [0.25, 0.3) is 5.69 Å². The highest BCUT2D eigenvalue weighted by atomic mass is 32.2. The molecule has 0 radical (unpaired) electrons.